The SMILES string of the molecule is Cc1cnn(C)c1S(=O)(=O)N1CCCC(CCO)CC1. The van der Waals surface area contributed by atoms with E-state index in [-0.39, 0.29) is 11.6 Å². The minimum absolute atomic E-state index is 0.179. The molecule has 1 unspecified atom stereocenters. The topological polar surface area (TPSA) is 75.4 Å². The molecule has 1 aliphatic heterocycles. The summed E-state index contributed by atoms with van der Waals surface area (Å²) in [6, 6.07) is 0. The summed E-state index contributed by atoms with van der Waals surface area (Å²) >= 11 is 0. The van der Waals surface area contributed by atoms with E-state index >= 15 is 0 Å². The molecule has 0 aromatic carbocycles. The van der Waals surface area contributed by atoms with Gasteiger partial charge in [-0.2, -0.15) is 9.40 Å². The van der Waals surface area contributed by atoms with Crippen LogP contribution in [-0.2, 0) is 17.1 Å². The van der Waals surface area contributed by atoms with Crippen LogP contribution in [0.15, 0.2) is 11.2 Å². The molecule has 1 saturated heterocycles. The molecule has 2 heterocycles. The van der Waals surface area contributed by atoms with Gasteiger partial charge in [-0.05, 0) is 38.5 Å². The highest BCUT2D eigenvalue weighted by atomic mass is 32.2. The molecule has 114 valence electrons. The van der Waals surface area contributed by atoms with Gasteiger partial charge in [-0.1, -0.05) is 0 Å². The van der Waals surface area contributed by atoms with E-state index in [0.29, 0.717) is 24.6 Å². The Balaban J connectivity index is 2.18. The summed E-state index contributed by atoms with van der Waals surface area (Å²) < 4.78 is 28.4. The first-order chi connectivity index (χ1) is 9.46. The number of aryl methyl sites for hydroxylation is 2. The zero-order chi connectivity index (χ0) is 14.8. The number of nitrogens with zero attached hydrogens (tertiary/aromatic N) is 3. The van der Waals surface area contributed by atoms with Crippen LogP contribution in [0.4, 0.5) is 0 Å². The maximum atomic E-state index is 12.7. The normalized spacial score (nSPS) is 21.9. The smallest absolute Gasteiger partial charge is 0.260 e. The van der Waals surface area contributed by atoms with Gasteiger partial charge in [-0.25, -0.2) is 8.42 Å². The number of hydrogen-bond donors (Lipinski definition) is 1. The minimum atomic E-state index is -3.47. The lowest BCUT2D eigenvalue weighted by Gasteiger charge is -2.20. The fraction of sp³-hybridized carbons (Fsp3) is 0.769. The minimum Gasteiger partial charge on any atom is -0.396 e. The van der Waals surface area contributed by atoms with E-state index in [4.69, 9.17) is 5.11 Å². The van der Waals surface area contributed by atoms with Gasteiger partial charge in [-0.15, -0.1) is 0 Å². The summed E-state index contributed by atoms with van der Waals surface area (Å²) in [7, 11) is -1.81. The van der Waals surface area contributed by atoms with Crippen molar-refractivity contribution >= 4 is 10.0 Å². The van der Waals surface area contributed by atoms with Gasteiger partial charge >= 0.3 is 0 Å². The molecule has 1 aromatic heterocycles. The Morgan fingerprint density at radius 2 is 2.15 bits per heavy atom. The summed E-state index contributed by atoms with van der Waals surface area (Å²) in [6.07, 6.45) is 4.99. The molecule has 7 heteroatoms. The average molecular weight is 301 g/mol. The first-order valence-electron chi connectivity index (χ1n) is 7.06. The summed E-state index contributed by atoms with van der Waals surface area (Å²) in [4.78, 5) is 0. The maximum Gasteiger partial charge on any atom is 0.260 e. The monoisotopic (exact) mass is 301 g/mol. The van der Waals surface area contributed by atoms with E-state index in [1.54, 1.807) is 24.5 Å². The molecular formula is C13H23N3O3S. The first-order valence-corrected chi connectivity index (χ1v) is 8.50. The lowest BCUT2D eigenvalue weighted by Crippen LogP contribution is -2.33. The van der Waals surface area contributed by atoms with Gasteiger partial charge in [0.1, 0.15) is 0 Å². The fourth-order valence-electron chi connectivity index (χ4n) is 2.88. The number of aromatic nitrogens is 2. The third-order valence-electron chi connectivity index (χ3n) is 3.98. The van der Waals surface area contributed by atoms with Gasteiger partial charge in [0.25, 0.3) is 10.0 Å². The lowest BCUT2D eigenvalue weighted by molar-refractivity contribution is 0.248. The van der Waals surface area contributed by atoms with Crippen molar-refractivity contribution in [1.29, 1.82) is 0 Å². The molecule has 1 aliphatic rings. The molecule has 1 fully saturated rings. The maximum absolute atomic E-state index is 12.7. The molecule has 20 heavy (non-hydrogen) atoms. The van der Waals surface area contributed by atoms with Gasteiger partial charge < -0.3 is 5.11 Å². The highest BCUT2D eigenvalue weighted by Gasteiger charge is 2.31. The molecule has 1 aromatic rings. The molecule has 0 saturated carbocycles. The first kappa shape index (κ1) is 15.5. The Morgan fingerprint density at radius 3 is 2.75 bits per heavy atom. The van der Waals surface area contributed by atoms with Crippen molar-refractivity contribution in [3.05, 3.63) is 11.8 Å². The van der Waals surface area contributed by atoms with Gasteiger partial charge in [0.2, 0.25) is 0 Å². The molecule has 1 atom stereocenters. The molecule has 1 N–H and O–H groups in total. The number of hydrogen-bond acceptors (Lipinski definition) is 4. The number of sulfonamides is 1. The third kappa shape index (κ3) is 3.05. The van der Waals surface area contributed by atoms with Gasteiger partial charge in [0, 0.05) is 32.3 Å². The van der Waals surface area contributed by atoms with Crippen LogP contribution in [0.1, 0.15) is 31.2 Å². The predicted molar refractivity (Wildman–Crippen MR) is 75.7 cm³/mol. The molecule has 0 radical (unpaired) electrons. The van der Waals surface area contributed by atoms with E-state index in [0.717, 1.165) is 25.7 Å². The van der Waals surface area contributed by atoms with E-state index < -0.39 is 10.0 Å². The van der Waals surface area contributed by atoms with E-state index in [9.17, 15) is 8.42 Å². The van der Waals surface area contributed by atoms with Gasteiger partial charge in [0.05, 0.1) is 6.20 Å². The zero-order valence-corrected chi connectivity index (χ0v) is 12.9. The second-order valence-electron chi connectivity index (χ2n) is 5.47. The quantitative estimate of drug-likeness (QED) is 0.896. The van der Waals surface area contributed by atoms with Crippen LogP contribution in [0, 0.1) is 12.8 Å². The van der Waals surface area contributed by atoms with Crippen molar-refractivity contribution in [1.82, 2.24) is 14.1 Å². The van der Waals surface area contributed by atoms with E-state index in [1.165, 1.54) is 4.68 Å². The van der Waals surface area contributed by atoms with Crippen LogP contribution < -0.4 is 0 Å². The third-order valence-corrected chi connectivity index (χ3v) is 6.10. The molecule has 2 rings (SSSR count). The van der Waals surface area contributed by atoms with Crippen LogP contribution in [-0.4, -0.2) is 47.3 Å². The average Bonchev–Trinajstić information content (AvgIpc) is 2.62. The molecule has 0 bridgehead atoms. The van der Waals surface area contributed by atoms with Crippen LogP contribution in [0.25, 0.3) is 0 Å². The number of aliphatic hydroxyl groups is 1. The van der Waals surface area contributed by atoms with Crippen LogP contribution in [0.2, 0.25) is 0 Å². The Hall–Kier alpha value is -0.920. The lowest BCUT2D eigenvalue weighted by atomic mass is 9.98. The molecule has 0 spiro atoms. The second kappa shape index (κ2) is 6.24. The fourth-order valence-corrected chi connectivity index (χ4v) is 4.68. The Morgan fingerprint density at radius 1 is 1.40 bits per heavy atom. The van der Waals surface area contributed by atoms with E-state index in [1.807, 2.05) is 0 Å². The largest absolute Gasteiger partial charge is 0.396 e. The Bertz CT molecular complexity index is 534. The summed E-state index contributed by atoms with van der Waals surface area (Å²) in [5.74, 6) is 0.424. The molecule has 0 amide bonds. The van der Waals surface area contributed by atoms with Crippen LogP contribution in [0.3, 0.4) is 0 Å². The summed E-state index contributed by atoms with van der Waals surface area (Å²) in [5, 5.41) is 13.3. The summed E-state index contributed by atoms with van der Waals surface area (Å²) in [5.41, 5.74) is 0.684. The Labute approximate surface area is 120 Å². The highest BCUT2D eigenvalue weighted by molar-refractivity contribution is 7.89. The molecule has 6 nitrogen and oxygen atoms in total. The van der Waals surface area contributed by atoms with Crippen molar-refractivity contribution in [3.8, 4) is 0 Å². The van der Waals surface area contributed by atoms with Crippen molar-refractivity contribution in [2.24, 2.45) is 13.0 Å². The van der Waals surface area contributed by atoms with Crippen molar-refractivity contribution in [2.45, 2.75) is 37.6 Å². The Kier molecular flexibility index (Phi) is 4.82. The number of aliphatic hydroxyl groups excluding tert-OH is 1. The van der Waals surface area contributed by atoms with Crippen molar-refractivity contribution in [3.63, 3.8) is 0 Å². The van der Waals surface area contributed by atoms with Gasteiger partial charge in [-0.3, -0.25) is 4.68 Å². The molecular weight excluding hydrogens is 278 g/mol. The summed E-state index contributed by atoms with van der Waals surface area (Å²) in [6.45, 7) is 3.02. The molecule has 0 aliphatic carbocycles. The van der Waals surface area contributed by atoms with Crippen LogP contribution >= 0.6 is 0 Å². The highest BCUT2D eigenvalue weighted by Crippen LogP contribution is 2.25. The number of rotatable bonds is 4. The predicted octanol–water partition coefficient (Wildman–Crippen LogP) is 0.902. The standard InChI is InChI=1S/C13H23N3O3S/c1-11-10-14-15(2)13(11)20(18,19)16-7-3-4-12(5-8-16)6-9-17/h10,12,17H,3-9H2,1-2H3. The van der Waals surface area contributed by atoms with E-state index in [2.05, 4.69) is 5.10 Å². The van der Waals surface area contributed by atoms with Crippen molar-refractivity contribution in [2.75, 3.05) is 19.7 Å². The van der Waals surface area contributed by atoms with Crippen molar-refractivity contribution < 1.29 is 13.5 Å². The zero-order valence-electron chi connectivity index (χ0n) is 12.1. The second-order valence-corrected chi connectivity index (χ2v) is 7.32. The van der Waals surface area contributed by atoms with Crippen LogP contribution in [0.5, 0.6) is 0 Å². The van der Waals surface area contributed by atoms with Gasteiger partial charge in [0.15, 0.2) is 5.03 Å².